The molecule has 0 radical (unpaired) electrons. The molecule has 2 rings (SSSR count). The van der Waals surface area contributed by atoms with Gasteiger partial charge in [0, 0.05) is 11.6 Å². The predicted molar refractivity (Wildman–Crippen MR) is 88.7 cm³/mol. The van der Waals surface area contributed by atoms with Crippen molar-refractivity contribution < 1.29 is 5.11 Å². The van der Waals surface area contributed by atoms with E-state index in [1.165, 1.54) is 32.4 Å². The van der Waals surface area contributed by atoms with Crippen LogP contribution in [0.15, 0.2) is 18.2 Å². The number of rotatable bonds is 6. The van der Waals surface area contributed by atoms with Crippen LogP contribution in [0.3, 0.4) is 0 Å². The Labute approximate surface area is 133 Å². The molecule has 4 heteroatoms. The summed E-state index contributed by atoms with van der Waals surface area (Å²) in [5.74, 6) is 0.934. The van der Waals surface area contributed by atoms with E-state index in [-0.39, 0.29) is 11.8 Å². The van der Waals surface area contributed by atoms with Crippen molar-refractivity contribution in [1.29, 1.82) is 5.26 Å². The van der Waals surface area contributed by atoms with Crippen molar-refractivity contribution >= 4 is 0 Å². The number of phenols is 1. The Morgan fingerprint density at radius 1 is 1.41 bits per heavy atom. The third-order valence-electron chi connectivity index (χ3n) is 4.75. The first kappa shape index (κ1) is 16.8. The number of nitriles is 1. The van der Waals surface area contributed by atoms with Crippen LogP contribution in [0.4, 0.5) is 0 Å². The number of nitrogens with zero attached hydrogens (tertiary/aromatic N) is 2. The Hall–Kier alpha value is -1.57. The van der Waals surface area contributed by atoms with Crippen molar-refractivity contribution in [3.05, 3.63) is 29.3 Å². The number of nitrogens with one attached hydrogen (secondary N) is 1. The Morgan fingerprint density at radius 2 is 2.14 bits per heavy atom. The Balaban J connectivity index is 1.89. The summed E-state index contributed by atoms with van der Waals surface area (Å²) >= 11 is 0. The second-order valence-electron chi connectivity index (χ2n) is 6.31. The molecule has 0 bridgehead atoms. The molecule has 1 fully saturated rings. The lowest BCUT2D eigenvalue weighted by Crippen LogP contribution is -2.32. The van der Waals surface area contributed by atoms with Gasteiger partial charge in [0.25, 0.3) is 0 Å². The molecule has 0 aliphatic carbocycles. The van der Waals surface area contributed by atoms with Crippen LogP contribution in [-0.2, 0) is 0 Å². The fraction of sp³-hybridized carbons (Fsp3) is 0.611. The molecule has 120 valence electrons. The van der Waals surface area contributed by atoms with Crippen LogP contribution < -0.4 is 5.32 Å². The first-order chi connectivity index (χ1) is 10.7. The zero-order valence-corrected chi connectivity index (χ0v) is 13.7. The fourth-order valence-electron chi connectivity index (χ4n) is 3.22. The Kier molecular flexibility index (Phi) is 6.23. The average molecular weight is 301 g/mol. The van der Waals surface area contributed by atoms with E-state index in [1.807, 2.05) is 18.2 Å². The van der Waals surface area contributed by atoms with Crippen LogP contribution in [-0.4, -0.2) is 36.7 Å². The molecule has 2 N–H and O–H groups in total. The van der Waals surface area contributed by atoms with E-state index in [0.29, 0.717) is 5.56 Å². The molecule has 1 aromatic carbocycles. The van der Waals surface area contributed by atoms with E-state index in [4.69, 9.17) is 5.26 Å². The van der Waals surface area contributed by atoms with Gasteiger partial charge in [-0.3, -0.25) is 0 Å². The third-order valence-corrected chi connectivity index (χ3v) is 4.75. The van der Waals surface area contributed by atoms with Gasteiger partial charge in [-0.05, 0) is 64.3 Å². The minimum absolute atomic E-state index is 0.111. The molecule has 1 unspecified atom stereocenters. The standard InChI is InChI=1S/C18H27N3O/c1-3-17(16-6-4-5-15(13-19)18(16)22)20-10-7-14-8-11-21(2)12-9-14/h4-6,14,17,20,22H,3,7-12H2,1-2H3. The zero-order chi connectivity index (χ0) is 15.9. The second kappa shape index (κ2) is 8.17. The van der Waals surface area contributed by atoms with Crippen LogP contribution in [0, 0.1) is 17.2 Å². The highest BCUT2D eigenvalue weighted by molar-refractivity contribution is 5.48. The summed E-state index contributed by atoms with van der Waals surface area (Å²) in [6.45, 7) is 5.47. The predicted octanol–water partition coefficient (Wildman–Crippen LogP) is 3.04. The highest BCUT2D eigenvalue weighted by Crippen LogP contribution is 2.29. The molecule has 1 aromatic rings. The number of aromatic hydroxyl groups is 1. The van der Waals surface area contributed by atoms with E-state index in [1.54, 1.807) is 6.07 Å². The summed E-state index contributed by atoms with van der Waals surface area (Å²) in [4.78, 5) is 2.39. The van der Waals surface area contributed by atoms with Gasteiger partial charge in [0.2, 0.25) is 0 Å². The van der Waals surface area contributed by atoms with E-state index in [0.717, 1.165) is 24.4 Å². The van der Waals surface area contributed by atoms with Crippen molar-refractivity contribution in [1.82, 2.24) is 10.2 Å². The maximum Gasteiger partial charge on any atom is 0.138 e. The van der Waals surface area contributed by atoms with Gasteiger partial charge < -0.3 is 15.3 Å². The van der Waals surface area contributed by atoms with Gasteiger partial charge in [-0.25, -0.2) is 0 Å². The van der Waals surface area contributed by atoms with Gasteiger partial charge in [-0.2, -0.15) is 5.26 Å². The summed E-state index contributed by atoms with van der Waals surface area (Å²) in [7, 11) is 2.19. The molecule has 1 aliphatic heterocycles. The quantitative estimate of drug-likeness (QED) is 0.848. The second-order valence-corrected chi connectivity index (χ2v) is 6.31. The maximum atomic E-state index is 10.2. The minimum atomic E-state index is 0.111. The van der Waals surface area contributed by atoms with Gasteiger partial charge in [0.1, 0.15) is 11.8 Å². The molecule has 22 heavy (non-hydrogen) atoms. The summed E-state index contributed by atoms with van der Waals surface area (Å²) < 4.78 is 0. The molecule has 4 nitrogen and oxygen atoms in total. The average Bonchev–Trinajstić information content (AvgIpc) is 2.54. The molecule has 1 saturated heterocycles. The lowest BCUT2D eigenvalue weighted by atomic mass is 9.93. The van der Waals surface area contributed by atoms with E-state index >= 15 is 0 Å². The molecule has 1 atom stereocenters. The minimum Gasteiger partial charge on any atom is -0.506 e. The monoisotopic (exact) mass is 301 g/mol. The maximum absolute atomic E-state index is 10.2. The van der Waals surface area contributed by atoms with Gasteiger partial charge in [-0.1, -0.05) is 19.1 Å². The topological polar surface area (TPSA) is 59.3 Å². The molecule has 1 heterocycles. The van der Waals surface area contributed by atoms with Gasteiger partial charge in [0.05, 0.1) is 5.56 Å². The van der Waals surface area contributed by atoms with E-state index in [2.05, 4.69) is 24.2 Å². The molecule has 0 saturated carbocycles. The molecule has 1 aliphatic rings. The van der Waals surface area contributed by atoms with Gasteiger partial charge in [-0.15, -0.1) is 0 Å². The van der Waals surface area contributed by atoms with E-state index in [9.17, 15) is 5.11 Å². The van der Waals surface area contributed by atoms with Crippen LogP contribution in [0.2, 0.25) is 0 Å². The lowest BCUT2D eigenvalue weighted by Gasteiger charge is -2.29. The van der Waals surface area contributed by atoms with Crippen molar-refractivity contribution in [2.75, 3.05) is 26.7 Å². The summed E-state index contributed by atoms with van der Waals surface area (Å²) in [5.41, 5.74) is 1.19. The number of para-hydroxylation sites is 1. The van der Waals surface area contributed by atoms with Crippen LogP contribution in [0.1, 0.15) is 49.8 Å². The summed E-state index contributed by atoms with van der Waals surface area (Å²) in [6, 6.07) is 7.56. The SMILES string of the molecule is CCC(NCCC1CCN(C)CC1)c1cccc(C#N)c1O. The van der Waals surface area contributed by atoms with Crippen LogP contribution >= 0.6 is 0 Å². The first-order valence-electron chi connectivity index (χ1n) is 8.29. The first-order valence-corrected chi connectivity index (χ1v) is 8.29. The fourth-order valence-corrected chi connectivity index (χ4v) is 3.22. The van der Waals surface area contributed by atoms with Crippen molar-refractivity contribution in [2.24, 2.45) is 5.92 Å². The summed E-state index contributed by atoms with van der Waals surface area (Å²) in [5, 5.41) is 22.8. The third kappa shape index (κ3) is 4.22. The number of likely N-dealkylation sites (tertiary alicyclic amines) is 1. The molecular formula is C18H27N3O. The normalized spacial score (nSPS) is 18.0. The number of hydrogen-bond acceptors (Lipinski definition) is 4. The molecule has 0 aromatic heterocycles. The lowest BCUT2D eigenvalue weighted by molar-refractivity contribution is 0.210. The summed E-state index contributed by atoms with van der Waals surface area (Å²) in [6.07, 6.45) is 4.65. The Morgan fingerprint density at radius 3 is 2.77 bits per heavy atom. The molecule has 0 amide bonds. The smallest absolute Gasteiger partial charge is 0.138 e. The Bertz CT molecular complexity index is 516. The highest BCUT2D eigenvalue weighted by Gasteiger charge is 2.18. The van der Waals surface area contributed by atoms with Crippen molar-refractivity contribution in [3.63, 3.8) is 0 Å². The largest absolute Gasteiger partial charge is 0.506 e. The molecule has 0 spiro atoms. The van der Waals surface area contributed by atoms with Gasteiger partial charge >= 0.3 is 0 Å². The number of piperidine rings is 1. The van der Waals surface area contributed by atoms with Crippen molar-refractivity contribution in [2.45, 2.75) is 38.6 Å². The van der Waals surface area contributed by atoms with E-state index < -0.39 is 0 Å². The highest BCUT2D eigenvalue weighted by atomic mass is 16.3. The van der Waals surface area contributed by atoms with Crippen LogP contribution in [0.5, 0.6) is 5.75 Å². The molecular weight excluding hydrogens is 274 g/mol. The number of benzene rings is 1. The number of phenolic OH excluding ortho intramolecular Hbond substituents is 1. The number of hydrogen-bond donors (Lipinski definition) is 2. The van der Waals surface area contributed by atoms with Crippen LogP contribution in [0.25, 0.3) is 0 Å². The zero-order valence-electron chi connectivity index (χ0n) is 13.7. The van der Waals surface area contributed by atoms with Gasteiger partial charge in [0.15, 0.2) is 0 Å². The van der Waals surface area contributed by atoms with Crippen molar-refractivity contribution in [3.8, 4) is 11.8 Å².